The molecule has 7 nitrogen and oxygen atoms in total. The zero-order valence-electron chi connectivity index (χ0n) is 8.46. The van der Waals surface area contributed by atoms with E-state index in [0.717, 1.165) is 0 Å². The maximum absolute atomic E-state index is 11.5. The fraction of sp³-hybridized carbons (Fsp3) is 0.556. The van der Waals surface area contributed by atoms with Crippen molar-refractivity contribution in [2.45, 2.75) is 24.9 Å². The average Bonchev–Trinajstić information content (AvgIpc) is 2.87. The highest BCUT2D eigenvalue weighted by Crippen LogP contribution is 2.18. The molecule has 2 heterocycles. The van der Waals surface area contributed by atoms with Crippen LogP contribution in [0.3, 0.4) is 0 Å². The third-order valence-electron chi connectivity index (χ3n) is 2.43. The lowest BCUT2D eigenvalue weighted by Gasteiger charge is -2.12. The topological polar surface area (TPSA) is 107 Å². The van der Waals surface area contributed by atoms with E-state index < -0.39 is 18.4 Å². The summed E-state index contributed by atoms with van der Waals surface area (Å²) < 4.78 is 5.22. The summed E-state index contributed by atoms with van der Waals surface area (Å²) in [7, 11) is 0. The standard InChI is InChI=1S/C9H13N3O4/c13-3-7-6(14)1-8(16-7)12-9(15)5-2-10-4-11-5/h2,4,6-8,13-14H,1,3H2,(H,10,11)(H,12,15)/t6-,7+,8+/m0/s1. The van der Waals surface area contributed by atoms with Crippen LogP contribution in [0.1, 0.15) is 16.9 Å². The Morgan fingerprint density at radius 3 is 3.12 bits per heavy atom. The zero-order valence-corrected chi connectivity index (χ0v) is 8.46. The summed E-state index contributed by atoms with van der Waals surface area (Å²) in [5.74, 6) is -0.378. The van der Waals surface area contributed by atoms with Crippen LogP contribution in [0.4, 0.5) is 0 Å². The molecular weight excluding hydrogens is 214 g/mol. The predicted octanol–water partition coefficient (Wildman–Crippen LogP) is -1.39. The number of ether oxygens (including phenoxy) is 1. The number of aliphatic hydroxyl groups is 2. The van der Waals surface area contributed by atoms with Gasteiger partial charge in [-0.2, -0.15) is 0 Å². The maximum Gasteiger partial charge on any atom is 0.273 e. The number of aliphatic hydroxyl groups excluding tert-OH is 2. The van der Waals surface area contributed by atoms with Gasteiger partial charge in [0.2, 0.25) is 0 Å². The average molecular weight is 227 g/mol. The van der Waals surface area contributed by atoms with Gasteiger partial charge in [0.05, 0.1) is 19.0 Å². The van der Waals surface area contributed by atoms with Gasteiger partial charge in [0.25, 0.3) is 5.91 Å². The van der Waals surface area contributed by atoms with Crippen molar-refractivity contribution >= 4 is 5.91 Å². The molecule has 0 saturated carbocycles. The summed E-state index contributed by atoms with van der Waals surface area (Å²) in [6, 6.07) is 0. The van der Waals surface area contributed by atoms with Gasteiger partial charge >= 0.3 is 0 Å². The van der Waals surface area contributed by atoms with E-state index in [9.17, 15) is 9.90 Å². The Kier molecular flexibility index (Phi) is 3.18. The maximum atomic E-state index is 11.5. The summed E-state index contributed by atoms with van der Waals surface area (Å²) in [5.41, 5.74) is 0.255. The van der Waals surface area contributed by atoms with Crippen molar-refractivity contribution in [1.29, 1.82) is 0 Å². The second kappa shape index (κ2) is 4.60. The van der Waals surface area contributed by atoms with E-state index in [1.807, 2.05) is 0 Å². The molecular formula is C9H13N3O4. The highest BCUT2D eigenvalue weighted by atomic mass is 16.5. The first-order valence-electron chi connectivity index (χ1n) is 4.94. The van der Waals surface area contributed by atoms with Crippen molar-refractivity contribution in [1.82, 2.24) is 15.3 Å². The molecule has 0 aliphatic carbocycles. The molecule has 1 aliphatic heterocycles. The van der Waals surface area contributed by atoms with Gasteiger partial charge in [-0.15, -0.1) is 0 Å². The normalized spacial score (nSPS) is 29.2. The first kappa shape index (κ1) is 11.1. The second-order valence-electron chi connectivity index (χ2n) is 3.58. The van der Waals surface area contributed by atoms with Gasteiger partial charge in [-0.1, -0.05) is 0 Å². The van der Waals surface area contributed by atoms with Crippen LogP contribution < -0.4 is 5.32 Å². The van der Waals surface area contributed by atoms with Crippen molar-refractivity contribution < 1.29 is 19.7 Å². The largest absolute Gasteiger partial charge is 0.394 e. The second-order valence-corrected chi connectivity index (χ2v) is 3.58. The van der Waals surface area contributed by atoms with Gasteiger partial charge in [0.1, 0.15) is 18.0 Å². The fourth-order valence-corrected chi connectivity index (χ4v) is 1.59. The first-order valence-corrected chi connectivity index (χ1v) is 4.94. The molecule has 16 heavy (non-hydrogen) atoms. The molecule has 3 atom stereocenters. The number of H-pyrrole nitrogens is 1. The number of amides is 1. The predicted molar refractivity (Wildman–Crippen MR) is 52.4 cm³/mol. The molecule has 1 aromatic heterocycles. The lowest BCUT2D eigenvalue weighted by Crippen LogP contribution is -2.35. The number of aromatic nitrogens is 2. The number of carbonyl (C=O) groups is 1. The third-order valence-corrected chi connectivity index (χ3v) is 2.43. The van der Waals surface area contributed by atoms with Crippen LogP contribution in [0.15, 0.2) is 12.5 Å². The van der Waals surface area contributed by atoms with Crippen LogP contribution >= 0.6 is 0 Å². The van der Waals surface area contributed by atoms with Crippen LogP contribution in [0, 0.1) is 0 Å². The molecule has 1 fully saturated rings. The smallest absolute Gasteiger partial charge is 0.273 e. The lowest BCUT2D eigenvalue weighted by atomic mass is 10.2. The van der Waals surface area contributed by atoms with E-state index in [1.54, 1.807) is 0 Å². The highest BCUT2D eigenvalue weighted by Gasteiger charge is 2.34. The summed E-state index contributed by atoms with van der Waals surface area (Å²) in [5, 5.41) is 20.9. The van der Waals surface area contributed by atoms with Gasteiger partial charge in [0.15, 0.2) is 0 Å². The molecule has 0 unspecified atom stereocenters. The van der Waals surface area contributed by atoms with Crippen molar-refractivity contribution in [2.75, 3.05) is 6.61 Å². The summed E-state index contributed by atoms with van der Waals surface area (Å²) >= 11 is 0. The van der Waals surface area contributed by atoms with Crippen LogP contribution in [-0.2, 0) is 4.74 Å². The Bertz CT molecular complexity index is 354. The minimum absolute atomic E-state index is 0.255. The van der Waals surface area contributed by atoms with E-state index in [1.165, 1.54) is 12.5 Å². The quantitative estimate of drug-likeness (QED) is 0.508. The molecule has 1 aromatic rings. The Balaban J connectivity index is 1.90. The number of hydrogen-bond donors (Lipinski definition) is 4. The van der Waals surface area contributed by atoms with Crippen LogP contribution in [0.25, 0.3) is 0 Å². The number of aromatic amines is 1. The van der Waals surface area contributed by atoms with Crippen molar-refractivity contribution in [3.63, 3.8) is 0 Å². The summed E-state index contributed by atoms with van der Waals surface area (Å²) in [6.45, 7) is -0.268. The van der Waals surface area contributed by atoms with Crippen LogP contribution in [0.5, 0.6) is 0 Å². The molecule has 0 aromatic carbocycles. The highest BCUT2D eigenvalue weighted by molar-refractivity contribution is 5.92. The molecule has 7 heteroatoms. The van der Waals surface area contributed by atoms with Crippen molar-refractivity contribution in [2.24, 2.45) is 0 Å². The number of rotatable bonds is 3. The lowest BCUT2D eigenvalue weighted by molar-refractivity contribution is -0.0288. The Hall–Kier alpha value is -1.44. The molecule has 0 bridgehead atoms. The van der Waals surface area contributed by atoms with Gasteiger partial charge in [-0.3, -0.25) is 4.79 Å². The molecule has 0 radical (unpaired) electrons. The Morgan fingerprint density at radius 2 is 2.56 bits per heavy atom. The van der Waals surface area contributed by atoms with E-state index >= 15 is 0 Å². The van der Waals surface area contributed by atoms with Crippen molar-refractivity contribution in [3.05, 3.63) is 18.2 Å². The zero-order chi connectivity index (χ0) is 11.5. The van der Waals surface area contributed by atoms with E-state index in [-0.39, 0.29) is 24.6 Å². The van der Waals surface area contributed by atoms with Crippen LogP contribution in [-0.4, -0.2) is 51.1 Å². The fourth-order valence-electron chi connectivity index (χ4n) is 1.59. The molecule has 2 rings (SSSR count). The van der Waals surface area contributed by atoms with Gasteiger partial charge in [-0.25, -0.2) is 4.98 Å². The Labute approximate surface area is 91.5 Å². The van der Waals surface area contributed by atoms with Gasteiger partial charge < -0.3 is 25.3 Å². The first-order chi connectivity index (χ1) is 7.70. The van der Waals surface area contributed by atoms with E-state index in [4.69, 9.17) is 9.84 Å². The van der Waals surface area contributed by atoms with E-state index in [2.05, 4.69) is 15.3 Å². The molecule has 0 spiro atoms. The minimum atomic E-state index is -0.755. The summed E-state index contributed by atoms with van der Waals surface area (Å²) in [4.78, 5) is 18.0. The Morgan fingerprint density at radius 1 is 1.75 bits per heavy atom. The third kappa shape index (κ3) is 2.21. The molecule has 4 N–H and O–H groups in total. The van der Waals surface area contributed by atoms with Crippen LogP contribution in [0.2, 0.25) is 0 Å². The number of nitrogens with zero attached hydrogens (tertiary/aromatic N) is 1. The molecule has 1 amide bonds. The number of carbonyl (C=O) groups excluding carboxylic acids is 1. The molecule has 1 aliphatic rings. The van der Waals surface area contributed by atoms with Crippen molar-refractivity contribution in [3.8, 4) is 0 Å². The number of imidazole rings is 1. The monoisotopic (exact) mass is 227 g/mol. The summed E-state index contributed by atoms with van der Waals surface area (Å²) in [6.07, 6.45) is 1.15. The van der Waals surface area contributed by atoms with Gasteiger partial charge in [-0.05, 0) is 0 Å². The number of nitrogens with one attached hydrogen (secondary N) is 2. The molecule has 1 saturated heterocycles. The van der Waals surface area contributed by atoms with E-state index in [0.29, 0.717) is 0 Å². The minimum Gasteiger partial charge on any atom is -0.394 e. The SMILES string of the molecule is O=C(N[C@H]1C[C@H](O)[C@@H](CO)O1)c1c[nH]cn1. The number of hydrogen-bond acceptors (Lipinski definition) is 5. The van der Waals surface area contributed by atoms with Gasteiger partial charge in [0, 0.05) is 12.6 Å². The molecule has 88 valence electrons.